The van der Waals surface area contributed by atoms with Gasteiger partial charge in [0.15, 0.2) is 11.5 Å². The minimum absolute atomic E-state index is 0.189. The van der Waals surface area contributed by atoms with Crippen molar-refractivity contribution in [3.8, 4) is 11.5 Å². The number of anilines is 1. The van der Waals surface area contributed by atoms with Crippen LogP contribution < -0.4 is 20.3 Å². The van der Waals surface area contributed by atoms with E-state index in [4.69, 9.17) is 21.1 Å². The van der Waals surface area contributed by atoms with Crippen molar-refractivity contribution in [3.63, 3.8) is 0 Å². The van der Waals surface area contributed by atoms with Crippen LogP contribution in [0.2, 0.25) is 5.02 Å². The number of aromatic nitrogens is 1. The second-order valence-electron chi connectivity index (χ2n) is 6.32. The molecule has 7 heteroatoms. The molecule has 6 nitrogen and oxygen atoms in total. The Bertz CT molecular complexity index is 1080. The number of ether oxygens (including phenoxy) is 2. The molecule has 0 bridgehead atoms. The van der Waals surface area contributed by atoms with E-state index in [0.29, 0.717) is 47.5 Å². The minimum Gasteiger partial charge on any atom is -0.486 e. The molecule has 1 aliphatic rings. The number of hydrogen-bond donors (Lipinski definition) is 1. The summed E-state index contributed by atoms with van der Waals surface area (Å²) < 4.78 is 12.5. The number of carbonyl (C=O) groups excluding carboxylic acids is 1. The maximum atomic E-state index is 12.6. The summed E-state index contributed by atoms with van der Waals surface area (Å²) in [6, 6.07) is 15.3. The molecule has 1 aromatic heterocycles. The number of nitrogens with zero attached hydrogens (tertiary/aromatic N) is 1. The van der Waals surface area contributed by atoms with E-state index in [1.165, 1.54) is 16.7 Å². The van der Waals surface area contributed by atoms with E-state index < -0.39 is 0 Å². The van der Waals surface area contributed by atoms with Crippen molar-refractivity contribution in [2.45, 2.75) is 6.54 Å². The third-order valence-electron chi connectivity index (χ3n) is 4.31. The van der Waals surface area contributed by atoms with Crippen LogP contribution in [-0.4, -0.2) is 23.7 Å². The zero-order valence-electron chi connectivity index (χ0n) is 14.9. The van der Waals surface area contributed by atoms with E-state index in [1.54, 1.807) is 36.5 Å². The highest BCUT2D eigenvalue weighted by molar-refractivity contribution is 6.30. The quantitative estimate of drug-likeness (QED) is 0.732. The third kappa shape index (κ3) is 4.02. The smallest absolute Gasteiger partial charge is 0.257 e. The molecule has 0 fully saturated rings. The van der Waals surface area contributed by atoms with Gasteiger partial charge in [0.05, 0.1) is 12.1 Å². The average molecular weight is 397 g/mol. The summed E-state index contributed by atoms with van der Waals surface area (Å²) in [5, 5.41) is 3.45. The molecule has 1 amide bonds. The van der Waals surface area contributed by atoms with Crippen molar-refractivity contribution in [2.24, 2.45) is 0 Å². The molecule has 2 heterocycles. The molecule has 28 heavy (non-hydrogen) atoms. The summed E-state index contributed by atoms with van der Waals surface area (Å²) in [4.78, 5) is 24.8. The van der Waals surface area contributed by atoms with Gasteiger partial charge in [0, 0.05) is 29.0 Å². The van der Waals surface area contributed by atoms with E-state index in [2.05, 4.69) is 5.32 Å². The molecule has 142 valence electrons. The van der Waals surface area contributed by atoms with Crippen LogP contribution in [0.25, 0.3) is 0 Å². The Morgan fingerprint density at radius 1 is 1.00 bits per heavy atom. The SMILES string of the molecule is O=C(Nc1ccc2c(c1)OCCO2)c1ccc(=O)n(Cc2ccc(Cl)cc2)c1. The maximum Gasteiger partial charge on any atom is 0.257 e. The van der Waals surface area contributed by atoms with Crippen molar-refractivity contribution in [1.82, 2.24) is 4.57 Å². The Morgan fingerprint density at radius 2 is 1.75 bits per heavy atom. The fourth-order valence-electron chi connectivity index (χ4n) is 2.90. The monoisotopic (exact) mass is 396 g/mol. The normalized spacial score (nSPS) is 12.5. The molecule has 0 spiro atoms. The lowest BCUT2D eigenvalue weighted by Gasteiger charge is -2.19. The molecule has 3 aromatic rings. The number of fused-ring (bicyclic) bond motifs is 1. The predicted molar refractivity (Wildman–Crippen MR) is 107 cm³/mol. The number of rotatable bonds is 4. The van der Waals surface area contributed by atoms with Gasteiger partial charge >= 0.3 is 0 Å². The lowest BCUT2D eigenvalue weighted by atomic mass is 10.2. The number of halogens is 1. The highest BCUT2D eigenvalue weighted by Crippen LogP contribution is 2.32. The first-order chi connectivity index (χ1) is 13.6. The first-order valence-corrected chi connectivity index (χ1v) is 9.12. The lowest BCUT2D eigenvalue weighted by molar-refractivity contribution is 0.102. The summed E-state index contributed by atoms with van der Waals surface area (Å²) in [6.45, 7) is 1.33. The number of hydrogen-bond acceptors (Lipinski definition) is 4. The Balaban J connectivity index is 1.53. The standard InChI is InChI=1S/C21H17ClN2O4/c22-16-4-1-14(2-5-16)12-24-13-15(3-8-20(24)25)21(26)23-17-6-7-18-19(11-17)28-10-9-27-18/h1-8,11,13H,9-10,12H2,(H,23,26). The van der Waals surface area contributed by atoms with Crippen molar-refractivity contribution >= 4 is 23.2 Å². The number of amides is 1. The minimum atomic E-state index is -0.318. The molecular formula is C21H17ClN2O4. The highest BCUT2D eigenvalue weighted by Gasteiger charge is 2.14. The second kappa shape index (κ2) is 7.78. The van der Waals surface area contributed by atoms with Crippen molar-refractivity contribution < 1.29 is 14.3 Å². The number of pyridine rings is 1. The predicted octanol–water partition coefficient (Wildman–Crippen LogP) is 3.57. The highest BCUT2D eigenvalue weighted by atomic mass is 35.5. The molecule has 1 aliphatic heterocycles. The Morgan fingerprint density at radius 3 is 2.54 bits per heavy atom. The molecule has 0 unspecified atom stereocenters. The molecular weight excluding hydrogens is 380 g/mol. The topological polar surface area (TPSA) is 69.6 Å². The summed E-state index contributed by atoms with van der Waals surface area (Å²) in [5.74, 6) is 0.930. The average Bonchev–Trinajstić information content (AvgIpc) is 2.71. The van der Waals surface area contributed by atoms with Crippen LogP contribution in [0.1, 0.15) is 15.9 Å². The van der Waals surface area contributed by atoms with E-state index in [0.717, 1.165) is 5.56 Å². The van der Waals surface area contributed by atoms with Crippen LogP contribution in [0.15, 0.2) is 65.6 Å². The van der Waals surface area contributed by atoms with E-state index in [-0.39, 0.29) is 11.5 Å². The van der Waals surface area contributed by atoms with Crippen LogP contribution >= 0.6 is 11.6 Å². The van der Waals surface area contributed by atoms with Gasteiger partial charge in [-0.15, -0.1) is 0 Å². The number of carbonyl (C=O) groups is 1. The van der Waals surface area contributed by atoms with Gasteiger partial charge in [-0.25, -0.2) is 0 Å². The summed E-state index contributed by atoms with van der Waals surface area (Å²) in [5.41, 5.74) is 1.69. The molecule has 0 saturated carbocycles. The molecule has 0 aliphatic carbocycles. The molecule has 0 atom stereocenters. The molecule has 4 rings (SSSR count). The largest absolute Gasteiger partial charge is 0.486 e. The van der Waals surface area contributed by atoms with E-state index in [1.807, 2.05) is 12.1 Å². The second-order valence-corrected chi connectivity index (χ2v) is 6.76. The third-order valence-corrected chi connectivity index (χ3v) is 4.56. The van der Waals surface area contributed by atoms with Gasteiger partial charge in [-0.2, -0.15) is 0 Å². The Kier molecular flexibility index (Phi) is 5.04. The summed E-state index contributed by atoms with van der Waals surface area (Å²) in [6.07, 6.45) is 1.55. The van der Waals surface area contributed by atoms with Crippen LogP contribution in [0, 0.1) is 0 Å². The van der Waals surface area contributed by atoms with Gasteiger partial charge in [0.2, 0.25) is 0 Å². The van der Waals surface area contributed by atoms with Gasteiger partial charge in [0.25, 0.3) is 11.5 Å². The number of benzene rings is 2. The first-order valence-electron chi connectivity index (χ1n) is 8.74. The summed E-state index contributed by atoms with van der Waals surface area (Å²) >= 11 is 5.90. The summed E-state index contributed by atoms with van der Waals surface area (Å²) in [7, 11) is 0. The van der Waals surface area contributed by atoms with Gasteiger partial charge in [-0.1, -0.05) is 23.7 Å². The Hall–Kier alpha value is -3.25. The molecule has 2 aromatic carbocycles. The zero-order valence-corrected chi connectivity index (χ0v) is 15.6. The van der Waals surface area contributed by atoms with Gasteiger partial charge < -0.3 is 19.4 Å². The first kappa shape index (κ1) is 18.1. The van der Waals surface area contributed by atoms with Crippen molar-refractivity contribution in [3.05, 3.63) is 87.3 Å². The molecule has 0 radical (unpaired) electrons. The van der Waals surface area contributed by atoms with Crippen LogP contribution in [0.3, 0.4) is 0 Å². The van der Waals surface area contributed by atoms with Crippen LogP contribution in [0.4, 0.5) is 5.69 Å². The fourth-order valence-corrected chi connectivity index (χ4v) is 3.03. The number of nitrogens with one attached hydrogen (secondary N) is 1. The van der Waals surface area contributed by atoms with Crippen molar-refractivity contribution in [2.75, 3.05) is 18.5 Å². The van der Waals surface area contributed by atoms with Gasteiger partial charge in [-0.3, -0.25) is 9.59 Å². The lowest BCUT2D eigenvalue weighted by Crippen LogP contribution is -2.22. The van der Waals surface area contributed by atoms with E-state index in [9.17, 15) is 9.59 Å². The van der Waals surface area contributed by atoms with Gasteiger partial charge in [0.1, 0.15) is 13.2 Å². The Labute approximate surface area is 166 Å². The molecule has 0 saturated heterocycles. The van der Waals surface area contributed by atoms with Crippen LogP contribution in [-0.2, 0) is 6.54 Å². The van der Waals surface area contributed by atoms with Gasteiger partial charge in [-0.05, 0) is 35.9 Å². The molecule has 1 N–H and O–H groups in total. The van der Waals surface area contributed by atoms with Crippen molar-refractivity contribution in [1.29, 1.82) is 0 Å². The van der Waals surface area contributed by atoms with E-state index >= 15 is 0 Å². The maximum absolute atomic E-state index is 12.6. The fraction of sp³-hybridized carbons (Fsp3) is 0.143. The van der Waals surface area contributed by atoms with Crippen LogP contribution in [0.5, 0.6) is 11.5 Å². The zero-order chi connectivity index (χ0) is 19.5.